The fraction of sp³-hybridized carbons (Fsp3) is 0.594. The van der Waals surface area contributed by atoms with Crippen molar-refractivity contribution >= 4 is 40.9 Å². The van der Waals surface area contributed by atoms with Crippen molar-refractivity contribution in [1.29, 1.82) is 0 Å². The van der Waals surface area contributed by atoms with E-state index >= 15 is 0 Å². The molecule has 3 aliphatic rings. The summed E-state index contributed by atoms with van der Waals surface area (Å²) in [6.45, 7) is 17.7. The van der Waals surface area contributed by atoms with E-state index in [0.29, 0.717) is 12.8 Å². The van der Waals surface area contributed by atoms with E-state index < -0.39 is 28.7 Å². The third-order valence-electron chi connectivity index (χ3n) is 8.99. The Hall–Kier alpha value is -2.78. The molecule has 0 saturated carbocycles. The number of fused-ring (bicyclic) bond motifs is 1. The molecule has 0 aromatic heterocycles. The van der Waals surface area contributed by atoms with Crippen molar-refractivity contribution in [2.24, 2.45) is 17.8 Å². The Kier molecular flexibility index (Phi) is 9.90. The summed E-state index contributed by atoms with van der Waals surface area (Å²) in [4.78, 5) is 47.9. The molecule has 1 spiro atoms. The molecule has 2 bridgehead atoms. The molecule has 8 nitrogen and oxygen atoms in total. The van der Waals surface area contributed by atoms with Crippen molar-refractivity contribution in [3.05, 3.63) is 49.6 Å². The highest BCUT2D eigenvalue weighted by Gasteiger charge is 2.75. The summed E-state index contributed by atoms with van der Waals surface area (Å²) >= 11 is 1.61. The average molecular weight is 584 g/mol. The number of amides is 2. The lowest BCUT2D eigenvalue weighted by atomic mass is 9.71. The van der Waals surface area contributed by atoms with E-state index in [0.717, 1.165) is 30.9 Å². The van der Waals surface area contributed by atoms with Gasteiger partial charge in [0, 0.05) is 36.3 Å². The third-order valence-corrected chi connectivity index (χ3v) is 10.9. The summed E-state index contributed by atoms with van der Waals surface area (Å²) < 4.78 is 4.83. The Morgan fingerprint density at radius 2 is 1.83 bits per heavy atom. The predicted molar refractivity (Wildman–Crippen MR) is 165 cm³/mol. The molecule has 2 amide bonds. The van der Waals surface area contributed by atoms with E-state index in [2.05, 4.69) is 31.9 Å². The van der Waals surface area contributed by atoms with Crippen LogP contribution in [0.15, 0.2) is 49.6 Å². The number of aliphatic hydroxyl groups excluding tert-OH is 1. The van der Waals surface area contributed by atoms with Gasteiger partial charge in [0.25, 0.3) is 5.91 Å². The number of thioether (sulfide) groups is 1. The molecule has 9 heteroatoms. The first kappa shape index (κ1) is 31.2. The predicted octanol–water partition coefficient (Wildman–Crippen LogP) is 4.28. The van der Waals surface area contributed by atoms with E-state index in [1.807, 2.05) is 38.1 Å². The zero-order valence-electron chi connectivity index (χ0n) is 24.8. The Balaban J connectivity index is 1.75. The van der Waals surface area contributed by atoms with Crippen molar-refractivity contribution in [3.63, 3.8) is 0 Å². The molecule has 3 aliphatic heterocycles. The van der Waals surface area contributed by atoms with Crippen LogP contribution in [0.5, 0.6) is 0 Å². The second kappa shape index (κ2) is 13.0. The number of carbonyl (C=O) groups excluding carboxylic acids is 3. The number of ether oxygens (including phenoxy) is 1. The Labute approximate surface area is 248 Å². The monoisotopic (exact) mass is 583 g/mol. The molecule has 1 aromatic carbocycles. The molecule has 3 heterocycles. The number of likely N-dealkylation sites (tertiary alicyclic amines) is 1. The zero-order valence-corrected chi connectivity index (χ0v) is 25.6. The molecular formula is C32H45N3O5S. The van der Waals surface area contributed by atoms with Crippen LogP contribution in [0.1, 0.15) is 47.0 Å². The largest absolute Gasteiger partial charge is 0.465 e. The van der Waals surface area contributed by atoms with Crippen LogP contribution in [0.2, 0.25) is 0 Å². The van der Waals surface area contributed by atoms with Crippen LogP contribution in [-0.2, 0) is 19.1 Å². The quantitative estimate of drug-likeness (QED) is 0.199. The molecule has 1 aromatic rings. The molecule has 0 radical (unpaired) electrons. The normalized spacial score (nSPS) is 27.1. The molecule has 0 aliphatic carbocycles. The van der Waals surface area contributed by atoms with Crippen LogP contribution < -0.4 is 9.80 Å². The maximum atomic E-state index is 14.7. The summed E-state index contributed by atoms with van der Waals surface area (Å²) in [5.74, 6) is -2.18. The van der Waals surface area contributed by atoms with Crippen LogP contribution in [-0.4, -0.2) is 82.7 Å². The van der Waals surface area contributed by atoms with Gasteiger partial charge in [-0.1, -0.05) is 26.0 Å². The van der Waals surface area contributed by atoms with Gasteiger partial charge >= 0.3 is 5.97 Å². The van der Waals surface area contributed by atoms with Gasteiger partial charge in [-0.3, -0.25) is 14.4 Å². The summed E-state index contributed by atoms with van der Waals surface area (Å²) in [6.07, 6.45) is 5.31. The minimum absolute atomic E-state index is 0.0783. The fourth-order valence-electron chi connectivity index (χ4n) is 6.99. The van der Waals surface area contributed by atoms with Crippen LogP contribution in [0.3, 0.4) is 0 Å². The van der Waals surface area contributed by atoms with Gasteiger partial charge < -0.3 is 24.5 Å². The molecule has 6 atom stereocenters. The van der Waals surface area contributed by atoms with Crippen molar-refractivity contribution in [1.82, 2.24) is 4.90 Å². The Morgan fingerprint density at radius 1 is 1.17 bits per heavy atom. The van der Waals surface area contributed by atoms with Crippen molar-refractivity contribution < 1.29 is 24.2 Å². The minimum Gasteiger partial charge on any atom is -0.465 e. The molecule has 2 unspecified atom stereocenters. The first-order valence-corrected chi connectivity index (χ1v) is 15.7. The maximum absolute atomic E-state index is 14.7. The van der Waals surface area contributed by atoms with Crippen molar-refractivity contribution in [3.8, 4) is 0 Å². The second-order valence-electron chi connectivity index (χ2n) is 11.5. The Bertz CT molecular complexity index is 1140. The number of carbonyl (C=O) groups is 3. The highest BCUT2D eigenvalue weighted by atomic mass is 32.2. The summed E-state index contributed by atoms with van der Waals surface area (Å²) in [6, 6.07) is 6.54. The van der Waals surface area contributed by atoms with Gasteiger partial charge in [0.05, 0.1) is 35.8 Å². The Morgan fingerprint density at radius 3 is 2.39 bits per heavy atom. The number of esters is 1. The molecule has 4 rings (SSSR count). The highest BCUT2D eigenvalue weighted by Crippen LogP contribution is 2.67. The van der Waals surface area contributed by atoms with E-state index in [4.69, 9.17) is 4.74 Å². The van der Waals surface area contributed by atoms with Gasteiger partial charge in [-0.05, 0) is 63.3 Å². The van der Waals surface area contributed by atoms with Gasteiger partial charge in [-0.15, -0.1) is 24.9 Å². The van der Waals surface area contributed by atoms with E-state index in [1.165, 1.54) is 0 Å². The lowest BCUT2D eigenvalue weighted by molar-refractivity contribution is -0.154. The highest BCUT2D eigenvalue weighted by molar-refractivity contribution is 8.02. The van der Waals surface area contributed by atoms with E-state index in [9.17, 15) is 19.5 Å². The molecule has 224 valence electrons. The molecular weight excluding hydrogens is 538 g/mol. The number of aliphatic hydroxyl groups is 1. The summed E-state index contributed by atoms with van der Waals surface area (Å²) in [5, 5.41) is 10.4. The topological polar surface area (TPSA) is 90.4 Å². The number of hydrogen-bond acceptors (Lipinski definition) is 7. The first-order valence-electron chi connectivity index (χ1n) is 14.9. The van der Waals surface area contributed by atoms with Gasteiger partial charge in [0.2, 0.25) is 5.91 Å². The summed E-state index contributed by atoms with van der Waals surface area (Å²) in [5.41, 5.74) is 1.80. The van der Waals surface area contributed by atoms with Crippen molar-refractivity contribution in [2.45, 2.75) is 69.0 Å². The molecule has 3 fully saturated rings. The van der Waals surface area contributed by atoms with Crippen molar-refractivity contribution in [2.75, 3.05) is 42.6 Å². The SMILES string of the molecule is C=CCCOC(=O)[C@@H]1[C@@H]2CCC3(S2)C(C(=O)N(CC=C)c2ccc(N(CC)CC)cc2)N([C@@H](CO)C(C)C)C(=O)[C@H]13. The first-order chi connectivity index (χ1) is 19.7. The van der Waals surface area contributed by atoms with Crippen LogP contribution in [0, 0.1) is 17.8 Å². The standard InChI is InChI=1S/C32H45N3O5S/c1-7-11-19-40-31(39)26-25-16-17-32(41-25)27(26)29(37)35(24(20-36)21(5)6)28(32)30(38)34(18-8-2)23-14-12-22(13-15-23)33(9-3)10-4/h7-8,12-15,21,24-28,36H,1-2,9-11,16-20H2,3-6H3/t24-,25-,26+,27-,28?,32?/m0/s1. The minimum atomic E-state index is -0.817. The average Bonchev–Trinajstić information content (AvgIpc) is 3.60. The zero-order chi connectivity index (χ0) is 29.9. The number of rotatable bonds is 14. The second-order valence-corrected chi connectivity index (χ2v) is 13.1. The molecule has 41 heavy (non-hydrogen) atoms. The van der Waals surface area contributed by atoms with Crippen LogP contribution >= 0.6 is 11.8 Å². The van der Waals surface area contributed by atoms with Gasteiger partial charge in [-0.2, -0.15) is 0 Å². The maximum Gasteiger partial charge on any atom is 0.310 e. The van der Waals surface area contributed by atoms with Gasteiger partial charge in [-0.25, -0.2) is 0 Å². The molecule has 3 saturated heterocycles. The van der Waals surface area contributed by atoms with E-state index in [1.54, 1.807) is 33.7 Å². The number of benzene rings is 1. The smallest absolute Gasteiger partial charge is 0.310 e. The lowest BCUT2D eigenvalue weighted by Crippen LogP contribution is -2.58. The third kappa shape index (κ3) is 5.43. The number of hydrogen-bond donors (Lipinski definition) is 1. The van der Waals surface area contributed by atoms with Gasteiger partial charge in [0.15, 0.2) is 0 Å². The summed E-state index contributed by atoms with van der Waals surface area (Å²) in [7, 11) is 0. The number of anilines is 2. The van der Waals surface area contributed by atoms with Gasteiger partial charge in [0.1, 0.15) is 6.04 Å². The molecule has 1 N–H and O–H groups in total. The van der Waals surface area contributed by atoms with Crippen LogP contribution in [0.4, 0.5) is 11.4 Å². The van der Waals surface area contributed by atoms with E-state index in [-0.39, 0.29) is 48.7 Å². The fourth-order valence-corrected chi connectivity index (χ4v) is 9.17. The van der Waals surface area contributed by atoms with Crippen LogP contribution in [0.25, 0.3) is 0 Å². The lowest BCUT2D eigenvalue weighted by Gasteiger charge is -2.40. The number of nitrogens with zero attached hydrogens (tertiary/aromatic N) is 3.